The first-order valence-corrected chi connectivity index (χ1v) is 7.94. The minimum atomic E-state index is -0.633. The first-order chi connectivity index (χ1) is 11.2. The summed E-state index contributed by atoms with van der Waals surface area (Å²) >= 11 is 0. The topological polar surface area (TPSA) is 51.2 Å². The van der Waals surface area contributed by atoms with E-state index in [0.29, 0.717) is 18.7 Å². The average Bonchev–Trinajstić information content (AvgIpc) is 2.56. The molecule has 2 aliphatic rings. The van der Waals surface area contributed by atoms with Crippen molar-refractivity contribution in [1.29, 1.82) is 0 Å². The second-order valence-electron chi connectivity index (χ2n) is 6.07. The quantitative estimate of drug-likeness (QED) is 0.757. The molecule has 1 amide bonds. The van der Waals surface area contributed by atoms with Crippen LogP contribution in [0.4, 0.5) is 0 Å². The highest BCUT2D eigenvalue weighted by Crippen LogP contribution is 2.26. The number of nitrogens with zero attached hydrogens (tertiary/aromatic N) is 2. The lowest BCUT2D eigenvalue weighted by molar-refractivity contribution is -0.264. The molecule has 0 N–H and O–H groups in total. The Hall–Kier alpha value is -1.47. The maximum atomic E-state index is 12.4. The Balaban J connectivity index is 1.56. The summed E-state index contributed by atoms with van der Waals surface area (Å²) in [4.78, 5) is 16.5. The van der Waals surface area contributed by atoms with Crippen molar-refractivity contribution in [3.05, 3.63) is 35.4 Å². The molecule has 2 heterocycles. The highest BCUT2D eigenvalue weighted by Gasteiger charge is 2.46. The lowest BCUT2D eigenvalue weighted by atomic mass is 10.0. The van der Waals surface area contributed by atoms with Crippen molar-refractivity contribution in [3.8, 4) is 0 Å². The average molecular weight is 320 g/mol. The first-order valence-electron chi connectivity index (χ1n) is 7.94. The zero-order valence-corrected chi connectivity index (χ0v) is 13.8. The number of likely N-dealkylation sites (tertiary alicyclic amines) is 1. The van der Waals surface area contributed by atoms with Crippen molar-refractivity contribution in [2.75, 3.05) is 53.6 Å². The number of morpholine rings is 1. The maximum Gasteiger partial charge on any atom is 0.254 e. The lowest BCUT2D eigenvalue weighted by Crippen LogP contribution is -2.65. The van der Waals surface area contributed by atoms with Gasteiger partial charge in [0.2, 0.25) is 5.79 Å². The predicted molar refractivity (Wildman–Crippen MR) is 85.2 cm³/mol. The summed E-state index contributed by atoms with van der Waals surface area (Å²) in [7, 11) is 3.21. The molecule has 2 saturated heterocycles. The second kappa shape index (κ2) is 6.97. The third-order valence-electron chi connectivity index (χ3n) is 4.61. The second-order valence-corrected chi connectivity index (χ2v) is 6.07. The van der Waals surface area contributed by atoms with Crippen LogP contribution in [0.25, 0.3) is 0 Å². The molecule has 6 heteroatoms. The van der Waals surface area contributed by atoms with E-state index in [1.165, 1.54) is 5.56 Å². The summed E-state index contributed by atoms with van der Waals surface area (Å²) in [6.07, 6.45) is 0. The Morgan fingerprint density at radius 2 is 1.74 bits per heavy atom. The number of rotatable bonds is 5. The number of ether oxygens (including phenoxy) is 3. The summed E-state index contributed by atoms with van der Waals surface area (Å²) in [5, 5.41) is 0. The molecule has 126 valence electrons. The van der Waals surface area contributed by atoms with Crippen molar-refractivity contribution in [2.24, 2.45) is 0 Å². The summed E-state index contributed by atoms with van der Waals surface area (Å²) < 4.78 is 16.0. The van der Waals surface area contributed by atoms with Crippen molar-refractivity contribution < 1.29 is 19.0 Å². The van der Waals surface area contributed by atoms with Gasteiger partial charge in [-0.3, -0.25) is 9.69 Å². The van der Waals surface area contributed by atoms with E-state index in [0.717, 1.165) is 32.8 Å². The van der Waals surface area contributed by atoms with E-state index >= 15 is 0 Å². The molecule has 0 aliphatic carbocycles. The Bertz CT molecular complexity index is 528. The van der Waals surface area contributed by atoms with Crippen LogP contribution in [-0.4, -0.2) is 75.1 Å². The summed E-state index contributed by atoms with van der Waals surface area (Å²) in [6.45, 7) is 5.36. The predicted octanol–water partition coefficient (Wildman–Crippen LogP) is 0.964. The summed E-state index contributed by atoms with van der Waals surface area (Å²) in [6, 6.07) is 7.86. The fourth-order valence-electron chi connectivity index (χ4n) is 2.97. The van der Waals surface area contributed by atoms with Gasteiger partial charge in [-0.2, -0.15) is 0 Å². The number of hydrogen-bond acceptors (Lipinski definition) is 5. The van der Waals surface area contributed by atoms with Crippen LogP contribution < -0.4 is 0 Å². The van der Waals surface area contributed by atoms with E-state index in [1.807, 2.05) is 24.3 Å². The highest BCUT2D eigenvalue weighted by atomic mass is 16.7. The molecule has 0 bridgehead atoms. The van der Waals surface area contributed by atoms with Crippen LogP contribution in [0, 0.1) is 0 Å². The van der Waals surface area contributed by atoms with Crippen molar-refractivity contribution >= 4 is 5.91 Å². The third-order valence-corrected chi connectivity index (χ3v) is 4.61. The van der Waals surface area contributed by atoms with Gasteiger partial charge < -0.3 is 19.1 Å². The molecule has 3 rings (SSSR count). The van der Waals surface area contributed by atoms with Gasteiger partial charge in [0, 0.05) is 39.4 Å². The lowest BCUT2D eigenvalue weighted by Gasteiger charge is -2.47. The number of hydrogen-bond donors (Lipinski definition) is 0. The first kappa shape index (κ1) is 16.4. The van der Waals surface area contributed by atoms with Crippen molar-refractivity contribution in [1.82, 2.24) is 9.80 Å². The van der Waals surface area contributed by atoms with E-state index in [9.17, 15) is 4.79 Å². The standard InChI is InChI=1S/C17H24N2O4/c1-21-17(22-2)12-19(13-17)16(20)15-5-3-14(4-6-15)11-18-7-9-23-10-8-18/h3-6H,7-13H2,1-2H3. The van der Waals surface area contributed by atoms with Gasteiger partial charge in [-0.15, -0.1) is 0 Å². The Morgan fingerprint density at radius 1 is 1.13 bits per heavy atom. The molecule has 1 aromatic rings. The molecule has 23 heavy (non-hydrogen) atoms. The zero-order chi connectivity index (χ0) is 16.3. The van der Waals surface area contributed by atoms with Crippen LogP contribution in [0.3, 0.4) is 0 Å². The number of carbonyl (C=O) groups is 1. The normalized spacial score (nSPS) is 21.0. The van der Waals surface area contributed by atoms with E-state index in [2.05, 4.69) is 4.90 Å². The van der Waals surface area contributed by atoms with Crippen LogP contribution in [0.1, 0.15) is 15.9 Å². The molecule has 0 saturated carbocycles. The molecule has 6 nitrogen and oxygen atoms in total. The maximum absolute atomic E-state index is 12.4. The molecule has 0 unspecified atom stereocenters. The minimum Gasteiger partial charge on any atom is -0.379 e. The Kier molecular flexibility index (Phi) is 4.96. The summed E-state index contributed by atoms with van der Waals surface area (Å²) in [5.41, 5.74) is 1.92. The zero-order valence-electron chi connectivity index (χ0n) is 13.8. The van der Waals surface area contributed by atoms with Crippen molar-refractivity contribution in [2.45, 2.75) is 12.3 Å². The monoisotopic (exact) mass is 320 g/mol. The van der Waals surface area contributed by atoms with Gasteiger partial charge in [0.15, 0.2) is 0 Å². The van der Waals surface area contributed by atoms with Gasteiger partial charge >= 0.3 is 0 Å². The van der Waals surface area contributed by atoms with Crippen LogP contribution in [0.15, 0.2) is 24.3 Å². The van der Waals surface area contributed by atoms with Crippen LogP contribution in [0.5, 0.6) is 0 Å². The molecule has 1 aromatic carbocycles. The third kappa shape index (κ3) is 3.55. The van der Waals surface area contributed by atoms with Gasteiger partial charge in [-0.25, -0.2) is 0 Å². The van der Waals surface area contributed by atoms with E-state index in [-0.39, 0.29) is 5.91 Å². The van der Waals surface area contributed by atoms with Gasteiger partial charge in [0.25, 0.3) is 5.91 Å². The van der Waals surface area contributed by atoms with E-state index < -0.39 is 5.79 Å². The SMILES string of the molecule is COC1(OC)CN(C(=O)c2ccc(CN3CCOCC3)cc2)C1. The van der Waals surface area contributed by atoms with Crippen molar-refractivity contribution in [3.63, 3.8) is 0 Å². The largest absolute Gasteiger partial charge is 0.379 e. The molecule has 0 radical (unpaired) electrons. The fraction of sp³-hybridized carbons (Fsp3) is 0.588. The highest BCUT2D eigenvalue weighted by molar-refractivity contribution is 5.94. The molecular formula is C17H24N2O4. The van der Waals surface area contributed by atoms with E-state index in [1.54, 1.807) is 19.1 Å². The van der Waals surface area contributed by atoms with E-state index in [4.69, 9.17) is 14.2 Å². The molecule has 0 atom stereocenters. The molecule has 0 spiro atoms. The van der Waals surface area contributed by atoms with Gasteiger partial charge in [0.05, 0.1) is 26.3 Å². The smallest absolute Gasteiger partial charge is 0.254 e. The minimum absolute atomic E-state index is 0.0210. The fourth-order valence-corrected chi connectivity index (χ4v) is 2.97. The van der Waals surface area contributed by atoms with Gasteiger partial charge in [-0.1, -0.05) is 12.1 Å². The molecular weight excluding hydrogens is 296 g/mol. The number of methoxy groups -OCH3 is 2. The Morgan fingerprint density at radius 3 is 2.30 bits per heavy atom. The van der Waals surface area contributed by atoms with Crippen LogP contribution in [-0.2, 0) is 20.8 Å². The number of amides is 1. The molecule has 2 aliphatic heterocycles. The van der Waals surface area contributed by atoms with Crippen LogP contribution in [0.2, 0.25) is 0 Å². The van der Waals surface area contributed by atoms with Gasteiger partial charge in [-0.05, 0) is 17.7 Å². The Labute approximate surface area is 136 Å². The molecule has 0 aromatic heterocycles. The number of benzene rings is 1. The molecule has 2 fully saturated rings. The van der Waals surface area contributed by atoms with Crippen LogP contribution >= 0.6 is 0 Å². The van der Waals surface area contributed by atoms with Gasteiger partial charge in [0.1, 0.15) is 0 Å². The summed E-state index contributed by atoms with van der Waals surface area (Å²) in [5.74, 6) is -0.612. The number of carbonyl (C=O) groups excluding carboxylic acids is 1.